The van der Waals surface area contributed by atoms with Gasteiger partial charge in [-0.3, -0.25) is 4.79 Å². The summed E-state index contributed by atoms with van der Waals surface area (Å²) < 4.78 is 6.37. The Morgan fingerprint density at radius 1 is 1.12 bits per heavy atom. The van der Waals surface area contributed by atoms with Crippen LogP contribution >= 0.6 is 0 Å². The molecule has 4 rings (SSSR count). The van der Waals surface area contributed by atoms with Crippen LogP contribution in [0.1, 0.15) is 79.6 Å². The van der Waals surface area contributed by atoms with Crippen LogP contribution in [0.3, 0.4) is 0 Å². The molecule has 24 heavy (non-hydrogen) atoms. The molecule has 0 aliphatic heterocycles. The normalized spacial score (nSPS) is 47.0. The molecular weight excluding hydrogens is 296 g/mol. The van der Waals surface area contributed by atoms with E-state index in [1.54, 1.807) is 0 Å². The fourth-order valence-corrected chi connectivity index (χ4v) is 7.60. The maximum atomic E-state index is 12.8. The Morgan fingerprint density at radius 3 is 2.42 bits per heavy atom. The smallest absolute Gasteiger partial charge is 0.309 e. The first-order chi connectivity index (χ1) is 11.2. The second-order valence-corrected chi connectivity index (χ2v) is 10.8. The van der Waals surface area contributed by atoms with Gasteiger partial charge in [0.25, 0.3) is 0 Å². The second kappa shape index (κ2) is 5.48. The highest BCUT2D eigenvalue weighted by Gasteiger charge is 2.67. The summed E-state index contributed by atoms with van der Waals surface area (Å²) in [5.74, 6) is 5.43. The Hall–Kier alpha value is -0.530. The van der Waals surface area contributed by atoms with Crippen molar-refractivity contribution < 1.29 is 9.53 Å². The van der Waals surface area contributed by atoms with Crippen molar-refractivity contribution in [2.45, 2.75) is 85.2 Å². The fourth-order valence-electron chi connectivity index (χ4n) is 7.60. The summed E-state index contributed by atoms with van der Waals surface area (Å²) in [4.78, 5) is 12.8. The highest BCUT2D eigenvalue weighted by molar-refractivity contribution is 5.72. The average molecular weight is 333 g/mol. The molecule has 0 radical (unpaired) electrons. The lowest BCUT2D eigenvalue weighted by molar-refractivity contribution is -0.177. The van der Waals surface area contributed by atoms with E-state index in [1.165, 1.54) is 25.7 Å². The van der Waals surface area contributed by atoms with Crippen LogP contribution in [0.5, 0.6) is 0 Å². The highest BCUT2D eigenvalue weighted by Crippen LogP contribution is 2.70. The van der Waals surface area contributed by atoms with Crippen molar-refractivity contribution in [2.75, 3.05) is 0 Å². The van der Waals surface area contributed by atoms with Crippen LogP contribution in [-0.2, 0) is 9.53 Å². The number of carbonyl (C=O) groups excluding carboxylic acids is 1. The predicted molar refractivity (Wildman–Crippen MR) is 96.4 cm³/mol. The molecule has 4 aliphatic carbocycles. The van der Waals surface area contributed by atoms with Gasteiger partial charge in [-0.2, -0.15) is 0 Å². The van der Waals surface area contributed by atoms with Crippen molar-refractivity contribution >= 4 is 5.97 Å². The number of carbonyl (C=O) groups is 1. The molecule has 0 aromatic carbocycles. The zero-order valence-electron chi connectivity index (χ0n) is 16.3. The van der Waals surface area contributed by atoms with E-state index in [1.807, 2.05) is 0 Å². The van der Waals surface area contributed by atoms with E-state index in [9.17, 15) is 4.79 Å². The first-order valence-electron chi connectivity index (χ1n) is 10.5. The zero-order chi connectivity index (χ0) is 17.3. The van der Waals surface area contributed by atoms with Gasteiger partial charge in [0.15, 0.2) is 0 Å². The van der Waals surface area contributed by atoms with Gasteiger partial charge in [0, 0.05) is 5.92 Å². The van der Waals surface area contributed by atoms with Gasteiger partial charge in [-0.05, 0) is 80.0 Å². The molecule has 4 fully saturated rings. The second-order valence-electron chi connectivity index (χ2n) is 10.8. The van der Waals surface area contributed by atoms with Crippen LogP contribution < -0.4 is 0 Å². The number of fused-ring (bicyclic) bond motifs is 9. The molecule has 0 aromatic rings. The first-order valence-corrected chi connectivity index (χ1v) is 10.5. The molecule has 4 saturated carbocycles. The molecule has 8 unspecified atom stereocenters. The third-order valence-electron chi connectivity index (χ3n) is 8.12. The van der Waals surface area contributed by atoms with Gasteiger partial charge in [-0.25, -0.2) is 0 Å². The van der Waals surface area contributed by atoms with Gasteiger partial charge in [-0.15, -0.1) is 0 Å². The minimum absolute atomic E-state index is 0.0170. The molecule has 2 nitrogen and oxygen atoms in total. The van der Waals surface area contributed by atoms with Crippen LogP contribution in [0.2, 0.25) is 0 Å². The van der Waals surface area contributed by atoms with Crippen LogP contribution in [0.15, 0.2) is 0 Å². The van der Waals surface area contributed by atoms with Crippen molar-refractivity contribution in [1.29, 1.82) is 0 Å². The molecular formula is C22H36O2. The largest absolute Gasteiger partial charge is 0.459 e. The first kappa shape index (κ1) is 16.9. The van der Waals surface area contributed by atoms with Gasteiger partial charge in [0.1, 0.15) is 5.60 Å². The van der Waals surface area contributed by atoms with Gasteiger partial charge in [0.05, 0.1) is 5.92 Å². The van der Waals surface area contributed by atoms with Gasteiger partial charge in [0.2, 0.25) is 0 Å². The summed E-state index contributed by atoms with van der Waals surface area (Å²) in [5.41, 5.74) is 0.0573. The number of hydrogen-bond acceptors (Lipinski definition) is 2. The standard InChI is InChI=1S/C22H36O2/c1-6-22(24-20(23)13(2)11-21(3,4)5)12-16-10-17(22)19-15-8-7-14(9-15)18(16)19/h13-19H,6-12H2,1-5H3. The summed E-state index contributed by atoms with van der Waals surface area (Å²) in [5, 5.41) is 0. The van der Waals surface area contributed by atoms with Crippen LogP contribution in [0.25, 0.3) is 0 Å². The molecule has 0 amide bonds. The predicted octanol–water partition coefficient (Wildman–Crippen LogP) is 5.45. The summed E-state index contributed by atoms with van der Waals surface area (Å²) in [6.45, 7) is 11.0. The summed E-state index contributed by atoms with van der Waals surface area (Å²) >= 11 is 0. The maximum absolute atomic E-state index is 12.8. The molecule has 2 heteroatoms. The SMILES string of the molecule is CCC1(OC(=O)C(C)CC(C)(C)C)CC2CC1C1C3CCC(C3)C21. The van der Waals surface area contributed by atoms with Crippen molar-refractivity contribution in [3.05, 3.63) is 0 Å². The lowest BCUT2D eigenvalue weighted by atomic mass is 9.65. The number of esters is 1. The molecule has 0 N–H and O–H groups in total. The van der Waals surface area contributed by atoms with Crippen LogP contribution in [0, 0.1) is 46.8 Å². The molecule has 4 aliphatic rings. The Labute approximate surface area is 148 Å². The van der Waals surface area contributed by atoms with Crippen molar-refractivity contribution in [3.63, 3.8) is 0 Å². The van der Waals surface area contributed by atoms with Crippen LogP contribution in [-0.4, -0.2) is 11.6 Å². The third-order valence-corrected chi connectivity index (χ3v) is 8.12. The molecule has 0 aromatic heterocycles. The molecule has 4 bridgehead atoms. The average Bonchev–Trinajstić information content (AvgIpc) is 3.23. The lowest BCUT2D eigenvalue weighted by Gasteiger charge is -2.46. The van der Waals surface area contributed by atoms with E-state index in [0.717, 1.165) is 48.9 Å². The quantitative estimate of drug-likeness (QED) is 0.505. The zero-order valence-corrected chi connectivity index (χ0v) is 16.3. The monoisotopic (exact) mass is 332 g/mol. The maximum Gasteiger partial charge on any atom is 0.309 e. The summed E-state index contributed by atoms with van der Waals surface area (Å²) in [6, 6.07) is 0. The topological polar surface area (TPSA) is 26.3 Å². The molecule has 0 spiro atoms. The van der Waals surface area contributed by atoms with E-state index in [-0.39, 0.29) is 22.9 Å². The molecule has 0 heterocycles. The van der Waals surface area contributed by atoms with Crippen molar-refractivity contribution in [3.8, 4) is 0 Å². The summed E-state index contributed by atoms with van der Waals surface area (Å²) in [7, 11) is 0. The lowest BCUT2D eigenvalue weighted by Crippen LogP contribution is -2.48. The van der Waals surface area contributed by atoms with Crippen molar-refractivity contribution in [2.24, 2.45) is 46.8 Å². The third kappa shape index (κ3) is 2.46. The van der Waals surface area contributed by atoms with Gasteiger partial charge in [-0.1, -0.05) is 34.6 Å². The van der Waals surface area contributed by atoms with E-state index < -0.39 is 0 Å². The number of ether oxygens (including phenoxy) is 1. The Bertz CT molecular complexity index is 519. The minimum atomic E-state index is -0.125. The van der Waals surface area contributed by atoms with E-state index in [0.29, 0.717) is 5.92 Å². The summed E-state index contributed by atoms with van der Waals surface area (Å²) in [6.07, 6.45) is 8.85. The van der Waals surface area contributed by atoms with E-state index >= 15 is 0 Å². The van der Waals surface area contributed by atoms with E-state index in [2.05, 4.69) is 34.6 Å². The highest BCUT2D eigenvalue weighted by atomic mass is 16.6. The number of rotatable bonds is 4. The molecule has 136 valence electrons. The number of hydrogen-bond donors (Lipinski definition) is 0. The molecule has 8 atom stereocenters. The molecule has 0 saturated heterocycles. The Kier molecular flexibility index (Phi) is 3.86. The van der Waals surface area contributed by atoms with Crippen molar-refractivity contribution in [1.82, 2.24) is 0 Å². The van der Waals surface area contributed by atoms with E-state index in [4.69, 9.17) is 4.74 Å². The van der Waals surface area contributed by atoms with Gasteiger partial charge < -0.3 is 4.74 Å². The Morgan fingerprint density at radius 2 is 1.79 bits per heavy atom. The Balaban J connectivity index is 1.49. The fraction of sp³-hybridized carbons (Fsp3) is 0.955. The minimum Gasteiger partial charge on any atom is -0.459 e. The van der Waals surface area contributed by atoms with Gasteiger partial charge >= 0.3 is 5.97 Å². The van der Waals surface area contributed by atoms with Crippen LogP contribution in [0.4, 0.5) is 0 Å².